The van der Waals surface area contributed by atoms with Crippen LogP contribution in [-0.4, -0.2) is 47.5 Å². The summed E-state index contributed by atoms with van der Waals surface area (Å²) in [4.78, 5) is 91.3. The van der Waals surface area contributed by atoms with Gasteiger partial charge < -0.3 is 29.8 Å². The molecule has 14 heteroatoms. The summed E-state index contributed by atoms with van der Waals surface area (Å²) in [7, 11) is -0.481. The van der Waals surface area contributed by atoms with Gasteiger partial charge in [0.1, 0.15) is 34.6 Å². The van der Waals surface area contributed by atoms with Gasteiger partial charge in [0, 0.05) is 92.5 Å². The predicted octanol–water partition coefficient (Wildman–Crippen LogP) is 9.11. The summed E-state index contributed by atoms with van der Waals surface area (Å²) in [6.07, 6.45) is 0.306. The van der Waals surface area contributed by atoms with Crippen LogP contribution in [0.4, 0.5) is 0 Å². The number of esters is 3. The van der Waals surface area contributed by atoms with Crippen molar-refractivity contribution in [1.82, 2.24) is 5.32 Å². The minimum absolute atomic E-state index is 0.0275. The highest BCUT2D eigenvalue weighted by Gasteiger charge is 2.54. The van der Waals surface area contributed by atoms with E-state index < -0.39 is 49.0 Å². The quantitative estimate of drug-likeness (QED) is 0.0542. The van der Waals surface area contributed by atoms with Gasteiger partial charge >= 0.3 is 17.9 Å². The molecular formula is C55H57N2O11P. The third kappa shape index (κ3) is 10.3. The fraction of sp³-hybridized carbons (Fsp3) is 0.327. The first kappa shape index (κ1) is 50.1. The Balaban J connectivity index is 1.24. The number of rotatable bonds is 16. The number of amides is 1. The van der Waals surface area contributed by atoms with Crippen molar-refractivity contribution in [2.45, 2.75) is 111 Å². The van der Waals surface area contributed by atoms with Gasteiger partial charge in [-0.2, -0.15) is 0 Å². The number of hydrogen-bond donors (Lipinski definition) is 2. The van der Waals surface area contributed by atoms with Crippen LogP contribution in [0.1, 0.15) is 136 Å². The van der Waals surface area contributed by atoms with E-state index in [9.17, 15) is 33.6 Å². The fourth-order valence-corrected chi connectivity index (χ4v) is 10.5. The highest BCUT2D eigenvalue weighted by atomic mass is 31.1. The smallest absolute Gasteiger partial charge is 0.340 e. The molecule has 358 valence electrons. The van der Waals surface area contributed by atoms with Crippen LogP contribution in [-0.2, 0) is 58.0 Å². The summed E-state index contributed by atoms with van der Waals surface area (Å²) in [5, 5.41) is 2.55. The number of fused-ring (bicyclic) bond motifs is 6. The van der Waals surface area contributed by atoms with Crippen molar-refractivity contribution >= 4 is 49.6 Å². The van der Waals surface area contributed by atoms with E-state index in [4.69, 9.17) is 24.5 Å². The molecule has 1 amide bonds. The largest absolute Gasteiger partial charge is 0.456 e. The Morgan fingerprint density at radius 1 is 0.652 bits per heavy atom. The molecule has 1 atom stereocenters. The second-order valence-corrected chi connectivity index (χ2v) is 20.3. The molecule has 5 aromatic rings. The first-order valence-corrected chi connectivity index (χ1v) is 23.7. The van der Waals surface area contributed by atoms with Crippen molar-refractivity contribution in [3.8, 4) is 23.0 Å². The Labute approximate surface area is 403 Å². The van der Waals surface area contributed by atoms with Gasteiger partial charge in [0.05, 0.1) is 12.1 Å². The summed E-state index contributed by atoms with van der Waals surface area (Å²) in [6.45, 7) is 17.9. The molecule has 2 heterocycles. The van der Waals surface area contributed by atoms with Crippen molar-refractivity contribution in [3.05, 3.63) is 151 Å². The highest BCUT2D eigenvalue weighted by Crippen LogP contribution is 2.56. The molecule has 5 aromatic carbocycles. The maximum absolute atomic E-state index is 14.0. The zero-order valence-electron chi connectivity index (χ0n) is 40.6. The molecule has 0 aliphatic carbocycles. The Morgan fingerprint density at radius 2 is 1.12 bits per heavy atom. The molecule has 69 heavy (non-hydrogen) atoms. The lowest BCUT2D eigenvalue weighted by Crippen LogP contribution is -2.33. The Morgan fingerprint density at radius 3 is 1.57 bits per heavy atom. The van der Waals surface area contributed by atoms with Crippen LogP contribution in [0.3, 0.4) is 0 Å². The van der Waals surface area contributed by atoms with Gasteiger partial charge in [-0.3, -0.25) is 28.8 Å². The zero-order chi connectivity index (χ0) is 50.3. The van der Waals surface area contributed by atoms with E-state index in [2.05, 4.69) is 5.32 Å². The zero-order valence-corrected chi connectivity index (χ0v) is 41.6. The number of nitrogens with two attached hydrogens (primary N) is 1. The summed E-state index contributed by atoms with van der Waals surface area (Å²) >= 11 is 0. The van der Waals surface area contributed by atoms with Crippen molar-refractivity contribution in [2.75, 3.05) is 6.54 Å². The van der Waals surface area contributed by atoms with E-state index in [1.807, 2.05) is 67.5 Å². The Kier molecular flexibility index (Phi) is 14.0. The predicted molar refractivity (Wildman–Crippen MR) is 262 cm³/mol. The second-order valence-electron chi connectivity index (χ2n) is 19.5. The van der Waals surface area contributed by atoms with Gasteiger partial charge in [-0.1, -0.05) is 70.2 Å². The van der Waals surface area contributed by atoms with Gasteiger partial charge in [0.2, 0.25) is 0 Å². The SMILES string of the molecule is CC(=O)Oc1cc(C)cc(C)c1C(C)(C)CC(=O)Cc1ccc2c(c1)Oc1cc(CC(=O)CC(C)(C)c3c(C)cc(C)cc3OC(C)=O)ccc1C21OC(=O)c2cc(C(=O)NCC(=O)PN)ccc21. The fourth-order valence-electron chi connectivity index (χ4n) is 10.3. The van der Waals surface area contributed by atoms with E-state index in [1.165, 1.54) is 19.9 Å². The van der Waals surface area contributed by atoms with E-state index >= 15 is 0 Å². The van der Waals surface area contributed by atoms with Crippen LogP contribution in [0.25, 0.3) is 0 Å². The number of Topliss-reactive ketones (excluding diaryl/α,β-unsaturated/α-hetero) is 2. The van der Waals surface area contributed by atoms with Gasteiger partial charge in [-0.15, -0.1) is 0 Å². The van der Waals surface area contributed by atoms with Gasteiger partial charge in [0.15, 0.2) is 11.1 Å². The lowest BCUT2D eigenvalue weighted by atomic mass is 9.75. The summed E-state index contributed by atoms with van der Waals surface area (Å²) < 4.78 is 24.3. The Hall–Kier alpha value is -6.82. The van der Waals surface area contributed by atoms with Crippen LogP contribution in [0, 0.1) is 27.7 Å². The molecule has 3 N–H and O–H groups in total. The molecule has 2 aliphatic rings. The van der Waals surface area contributed by atoms with E-state index in [0.717, 1.165) is 33.4 Å². The van der Waals surface area contributed by atoms with Crippen LogP contribution in [0.15, 0.2) is 78.9 Å². The molecular weight excluding hydrogens is 896 g/mol. The molecule has 2 aliphatic heterocycles. The lowest BCUT2D eigenvalue weighted by molar-refractivity contribution is -0.133. The molecule has 0 aromatic heterocycles. The van der Waals surface area contributed by atoms with E-state index in [-0.39, 0.29) is 60.4 Å². The number of carbonyl (C=O) groups is 7. The minimum atomic E-state index is -1.55. The van der Waals surface area contributed by atoms with Crippen molar-refractivity contribution in [1.29, 1.82) is 0 Å². The van der Waals surface area contributed by atoms with Crippen LogP contribution in [0.2, 0.25) is 0 Å². The number of hydrogen-bond acceptors (Lipinski definition) is 12. The summed E-state index contributed by atoms with van der Waals surface area (Å²) in [6, 6.07) is 22.9. The molecule has 1 unspecified atom stereocenters. The van der Waals surface area contributed by atoms with E-state index in [0.29, 0.717) is 50.8 Å². The molecule has 0 saturated carbocycles. The minimum Gasteiger partial charge on any atom is -0.456 e. The normalized spacial score (nSPS) is 13.5. The standard InChI is InChI=1S/C55H57N2O11P/c1-29-17-31(3)49(46(19-29)65-33(5)58)53(7,8)26-38(60)21-35-11-14-42-44(23-35)67-45-24-36(22-39(61)27-54(9,10)50-32(4)18-30(2)20-47(50)66-34(6)59)12-15-43(45)55(42)41-16-13-37(25-40(41)52(64)68-55)51(63)57-28-48(62)69-56/h11-20,23-25,69H,21-22,26-28,56H2,1-10H3,(H,57,63). The number of benzene rings is 5. The summed E-state index contributed by atoms with van der Waals surface area (Å²) in [5.41, 5.74) is 10.3. The third-order valence-corrected chi connectivity index (χ3v) is 13.1. The third-order valence-electron chi connectivity index (χ3n) is 12.6. The van der Waals surface area contributed by atoms with Crippen molar-refractivity contribution < 1.29 is 52.5 Å². The summed E-state index contributed by atoms with van der Waals surface area (Å²) in [5.74, 6) is -0.861. The number of aryl methyl sites for hydroxylation is 4. The number of ether oxygens (including phenoxy) is 4. The first-order chi connectivity index (χ1) is 32.4. The molecule has 0 bridgehead atoms. The van der Waals surface area contributed by atoms with E-state index in [1.54, 1.807) is 60.7 Å². The van der Waals surface area contributed by atoms with Crippen LogP contribution in [0.5, 0.6) is 23.0 Å². The highest BCUT2D eigenvalue weighted by molar-refractivity contribution is 7.55. The molecule has 1 spiro atoms. The topological polar surface area (TPSA) is 194 Å². The average Bonchev–Trinajstić information content (AvgIpc) is 3.51. The molecule has 13 nitrogen and oxygen atoms in total. The first-order valence-electron chi connectivity index (χ1n) is 22.7. The van der Waals surface area contributed by atoms with Crippen LogP contribution >= 0.6 is 8.73 Å². The molecule has 0 saturated heterocycles. The molecule has 0 fully saturated rings. The maximum Gasteiger partial charge on any atom is 0.340 e. The van der Waals surface area contributed by atoms with Gasteiger partial charge in [-0.25, -0.2) is 4.79 Å². The van der Waals surface area contributed by atoms with Gasteiger partial charge in [0.25, 0.3) is 5.91 Å². The Bertz CT molecular complexity index is 2850. The van der Waals surface area contributed by atoms with Crippen LogP contribution < -0.4 is 25.0 Å². The van der Waals surface area contributed by atoms with Crippen molar-refractivity contribution in [2.24, 2.45) is 5.50 Å². The number of nitrogens with one attached hydrogen (secondary N) is 1. The average molecular weight is 953 g/mol. The number of carbonyl (C=O) groups excluding carboxylic acids is 7. The van der Waals surface area contributed by atoms with Gasteiger partial charge in [-0.05, 0) is 97.5 Å². The second kappa shape index (κ2) is 19.3. The van der Waals surface area contributed by atoms with Crippen molar-refractivity contribution in [3.63, 3.8) is 0 Å². The number of ketones is 2. The monoisotopic (exact) mass is 952 g/mol. The lowest BCUT2D eigenvalue weighted by Gasteiger charge is -2.37. The maximum atomic E-state index is 14.0. The molecule has 7 rings (SSSR count). The molecule has 0 radical (unpaired) electrons.